The summed E-state index contributed by atoms with van der Waals surface area (Å²) in [5.74, 6) is 1.60. The summed E-state index contributed by atoms with van der Waals surface area (Å²) in [5.41, 5.74) is 1.25. The Kier molecular flexibility index (Phi) is 5.28. The topological polar surface area (TPSA) is 67.1 Å². The van der Waals surface area contributed by atoms with Crippen molar-refractivity contribution in [3.63, 3.8) is 0 Å². The van der Waals surface area contributed by atoms with E-state index in [1.165, 1.54) is 16.3 Å². The molecule has 0 radical (unpaired) electrons. The van der Waals surface area contributed by atoms with Crippen LogP contribution in [0.5, 0.6) is 0 Å². The molecule has 2 N–H and O–H groups in total. The summed E-state index contributed by atoms with van der Waals surface area (Å²) in [5, 5.41) is 13.4. The second-order valence-electron chi connectivity index (χ2n) is 5.93. The molecule has 2 aromatic carbocycles. The summed E-state index contributed by atoms with van der Waals surface area (Å²) in [6, 6.07) is 15.0. The highest BCUT2D eigenvalue weighted by molar-refractivity contribution is 5.87. The highest BCUT2D eigenvalue weighted by atomic mass is 15.3. The summed E-state index contributed by atoms with van der Waals surface area (Å²) < 4.78 is 1.74. The van der Waals surface area contributed by atoms with Crippen molar-refractivity contribution in [2.24, 2.45) is 12.0 Å². The first kappa shape index (κ1) is 17.0. The number of guanidine groups is 1. The van der Waals surface area contributed by atoms with Gasteiger partial charge < -0.3 is 10.6 Å². The third kappa shape index (κ3) is 3.96. The molecule has 0 saturated heterocycles. The third-order valence-corrected chi connectivity index (χ3v) is 4.17. The summed E-state index contributed by atoms with van der Waals surface area (Å²) >= 11 is 0. The summed E-state index contributed by atoms with van der Waals surface area (Å²) in [7, 11) is 1.87. The molecule has 25 heavy (non-hydrogen) atoms. The van der Waals surface area contributed by atoms with Gasteiger partial charge in [0.1, 0.15) is 18.7 Å². The number of rotatable bonds is 5. The zero-order valence-electron chi connectivity index (χ0n) is 14.9. The highest BCUT2D eigenvalue weighted by Crippen LogP contribution is 2.23. The Morgan fingerprint density at radius 2 is 2.00 bits per heavy atom. The first-order valence-electron chi connectivity index (χ1n) is 8.54. The van der Waals surface area contributed by atoms with Crippen LogP contribution >= 0.6 is 0 Å². The van der Waals surface area contributed by atoms with E-state index in [9.17, 15) is 0 Å². The van der Waals surface area contributed by atoms with Crippen LogP contribution in [0.15, 0.2) is 53.8 Å². The van der Waals surface area contributed by atoms with Gasteiger partial charge in [0.25, 0.3) is 0 Å². The van der Waals surface area contributed by atoms with Gasteiger partial charge in [-0.2, -0.15) is 5.10 Å². The minimum atomic E-state index is 0.128. The number of aromatic nitrogens is 3. The van der Waals surface area contributed by atoms with Crippen molar-refractivity contribution in [2.75, 3.05) is 6.54 Å². The fraction of sp³-hybridized carbons (Fsp3) is 0.316. The molecule has 1 unspecified atom stereocenters. The summed E-state index contributed by atoms with van der Waals surface area (Å²) in [4.78, 5) is 8.85. The van der Waals surface area contributed by atoms with Crippen LogP contribution in [-0.2, 0) is 13.6 Å². The minimum Gasteiger partial charge on any atom is -0.357 e. The highest BCUT2D eigenvalue weighted by Gasteiger charge is 2.11. The van der Waals surface area contributed by atoms with E-state index in [4.69, 9.17) is 0 Å². The number of benzene rings is 2. The SMILES string of the molecule is CCNC(=NCc1ncnn1C)NC(C)c1cccc2ccccc12. The average Bonchev–Trinajstić information content (AvgIpc) is 3.04. The van der Waals surface area contributed by atoms with Gasteiger partial charge in [-0.25, -0.2) is 9.98 Å². The molecule has 0 saturated carbocycles. The van der Waals surface area contributed by atoms with Crippen LogP contribution in [0, 0.1) is 0 Å². The predicted octanol–water partition coefficient (Wildman–Crippen LogP) is 2.78. The molecule has 0 aliphatic heterocycles. The molecule has 0 amide bonds. The molecular weight excluding hydrogens is 312 g/mol. The molecule has 130 valence electrons. The van der Waals surface area contributed by atoms with Gasteiger partial charge in [-0.15, -0.1) is 0 Å². The molecular formula is C19H24N6. The molecule has 1 aromatic heterocycles. The predicted molar refractivity (Wildman–Crippen MR) is 101 cm³/mol. The van der Waals surface area contributed by atoms with Crippen molar-refractivity contribution >= 4 is 16.7 Å². The van der Waals surface area contributed by atoms with Gasteiger partial charge in [0, 0.05) is 13.6 Å². The molecule has 6 heteroatoms. The van der Waals surface area contributed by atoms with Crippen LogP contribution in [0.25, 0.3) is 10.8 Å². The van der Waals surface area contributed by atoms with Crippen LogP contribution in [0.1, 0.15) is 31.3 Å². The maximum atomic E-state index is 4.63. The van der Waals surface area contributed by atoms with E-state index in [1.807, 2.05) is 7.05 Å². The number of aliphatic imine (C=N–C) groups is 1. The lowest BCUT2D eigenvalue weighted by molar-refractivity contribution is 0.675. The van der Waals surface area contributed by atoms with Crippen molar-refractivity contribution in [3.8, 4) is 0 Å². The van der Waals surface area contributed by atoms with E-state index in [0.717, 1.165) is 18.3 Å². The normalized spacial score (nSPS) is 13.0. The Labute approximate surface area is 148 Å². The van der Waals surface area contributed by atoms with E-state index in [0.29, 0.717) is 6.54 Å². The van der Waals surface area contributed by atoms with Crippen LogP contribution in [0.4, 0.5) is 0 Å². The molecule has 0 bridgehead atoms. The fourth-order valence-electron chi connectivity index (χ4n) is 2.84. The molecule has 0 aliphatic carbocycles. The van der Waals surface area contributed by atoms with Gasteiger partial charge in [-0.1, -0.05) is 42.5 Å². The number of fused-ring (bicyclic) bond motifs is 1. The maximum absolute atomic E-state index is 4.63. The maximum Gasteiger partial charge on any atom is 0.192 e. The Bertz CT molecular complexity index is 862. The van der Waals surface area contributed by atoms with Gasteiger partial charge >= 0.3 is 0 Å². The zero-order chi connectivity index (χ0) is 17.6. The first-order chi connectivity index (χ1) is 12.2. The Balaban J connectivity index is 1.80. The molecule has 1 heterocycles. The molecule has 6 nitrogen and oxygen atoms in total. The fourth-order valence-corrected chi connectivity index (χ4v) is 2.84. The summed E-state index contributed by atoms with van der Waals surface area (Å²) in [6.45, 7) is 5.49. The third-order valence-electron chi connectivity index (χ3n) is 4.17. The largest absolute Gasteiger partial charge is 0.357 e. The quantitative estimate of drug-likeness (QED) is 0.555. The van der Waals surface area contributed by atoms with Crippen LogP contribution < -0.4 is 10.6 Å². The standard InChI is InChI=1S/C19H24N6/c1-4-20-19(21-12-18-22-13-23-25(18)3)24-14(2)16-11-7-9-15-8-5-6-10-17(15)16/h5-11,13-14H,4,12H2,1-3H3,(H2,20,21,24). The number of nitrogens with one attached hydrogen (secondary N) is 2. The lowest BCUT2D eigenvalue weighted by Crippen LogP contribution is -2.38. The van der Waals surface area contributed by atoms with Crippen molar-refractivity contribution in [3.05, 3.63) is 60.2 Å². The monoisotopic (exact) mass is 336 g/mol. The van der Waals surface area contributed by atoms with Crippen molar-refractivity contribution in [1.29, 1.82) is 0 Å². The van der Waals surface area contributed by atoms with E-state index >= 15 is 0 Å². The van der Waals surface area contributed by atoms with Crippen molar-refractivity contribution in [1.82, 2.24) is 25.4 Å². The van der Waals surface area contributed by atoms with E-state index < -0.39 is 0 Å². The van der Waals surface area contributed by atoms with Crippen LogP contribution in [0.2, 0.25) is 0 Å². The van der Waals surface area contributed by atoms with Gasteiger partial charge in [0.05, 0.1) is 6.04 Å². The zero-order valence-corrected chi connectivity index (χ0v) is 14.9. The van der Waals surface area contributed by atoms with Gasteiger partial charge in [-0.05, 0) is 30.2 Å². The number of nitrogens with zero attached hydrogens (tertiary/aromatic N) is 4. The molecule has 1 atom stereocenters. The lowest BCUT2D eigenvalue weighted by Gasteiger charge is -2.19. The van der Waals surface area contributed by atoms with Crippen molar-refractivity contribution < 1.29 is 0 Å². The van der Waals surface area contributed by atoms with E-state index in [-0.39, 0.29) is 6.04 Å². The number of hydrogen-bond acceptors (Lipinski definition) is 3. The van der Waals surface area contributed by atoms with E-state index in [1.54, 1.807) is 11.0 Å². The lowest BCUT2D eigenvalue weighted by atomic mass is 10.00. The van der Waals surface area contributed by atoms with Gasteiger partial charge in [0.2, 0.25) is 0 Å². The first-order valence-corrected chi connectivity index (χ1v) is 8.54. The molecule has 0 aliphatic rings. The smallest absolute Gasteiger partial charge is 0.192 e. The molecule has 3 rings (SSSR count). The minimum absolute atomic E-state index is 0.128. The number of aryl methyl sites for hydroxylation is 1. The van der Waals surface area contributed by atoms with E-state index in [2.05, 4.69) is 82.0 Å². The molecule has 0 spiro atoms. The van der Waals surface area contributed by atoms with Crippen LogP contribution in [-0.4, -0.2) is 27.3 Å². The van der Waals surface area contributed by atoms with Gasteiger partial charge in [0.15, 0.2) is 5.96 Å². The Morgan fingerprint density at radius 1 is 1.20 bits per heavy atom. The second-order valence-corrected chi connectivity index (χ2v) is 5.93. The Hall–Kier alpha value is -2.89. The second kappa shape index (κ2) is 7.79. The van der Waals surface area contributed by atoms with Crippen molar-refractivity contribution in [2.45, 2.75) is 26.4 Å². The average molecular weight is 336 g/mol. The molecule has 3 aromatic rings. The van der Waals surface area contributed by atoms with Crippen LogP contribution in [0.3, 0.4) is 0 Å². The number of hydrogen-bond donors (Lipinski definition) is 2. The van der Waals surface area contributed by atoms with Gasteiger partial charge in [-0.3, -0.25) is 4.68 Å². The Morgan fingerprint density at radius 3 is 2.76 bits per heavy atom. The summed E-state index contributed by atoms with van der Waals surface area (Å²) in [6.07, 6.45) is 1.55. The molecule has 0 fully saturated rings.